The Labute approximate surface area is 134 Å². The smallest absolute Gasteiger partial charge is 0.254 e. The van der Waals surface area contributed by atoms with Crippen molar-refractivity contribution >= 4 is 34.9 Å². The monoisotopic (exact) mass is 328 g/mol. The second kappa shape index (κ2) is 6.30. The Morgan fingerprint density at radius 3 is 2.67 bits per heavy atom. The van der Waals surface area contributed by atoms with E-state index in [0.717, 1.165) is 48.1 Å². The number of fused-ring (bicyclic) bond motifs is 1. The third-order valence-electron chi connectivity index (χ3n) is 4.07. The van der Waals surface area contributed by atoms with E-state index in [0.29, 0.717) is 11.1 Å². The summed E-state index contributed by atoms with van der Waals surface area (Å²) >= 11 is 6.16. The molecule has 1 aliphatic rings. The lowest BCUT2D eigenvalue weighted by molar-refractivity contribution is 0.456. The highest BCUT2D eigenvalue weighted by molar-refractivity contribution is 6.34. The third-order valence-corrected chi connectivity index (χ3v) is 4.35. The van der Waals surface area contributed by atoms with Crippen LogP contribution < -0.4 is 10.9 Å². The van der Waals surface area contributed by atoms with Crippen LogP contribution in [0.2, 0.25) is 5.15 Å². The maximum Gasteiger partial charge on any atom is 0.254 e. The van der Waals surface area contributed by atoms with Crippen molar-refractivity contribution in [3.05, 3.63) is 32.8 Å². The number of piperidine rings is 1. The number of pyridine rings is 1. The van der Waals surface area contributed by atoms with Crippen LogP contribution in [0.25, 0.3) is 10.9 Å². The lowest BCUT2D eigenvalue weighted by Gasteiger charge is -2.23. The Kier molecular flexibility index (Phi) is 4.86. The van der Waals surface area contributed by atoms with Crippen molar-refractivity contribution in [2.45, 2.75) is 25.7 Å². The SMILES string of the molecule is Cc1nnc(Cl)c2cc(C3CCNCC3)c(=O)n(C)c12.Cl. The molecule has 0 unspecified atom stereocenters. The Morgan fingerprint density at radius 1 is 1.33 bits per heavy atom. The Bertz CT molecular complexity index is 723. The number of nitrogens with zero attached hydrogens (tertiary/aromatic N) is 3. The summed E-state index contributed by atoms with van der Waals surface area (Å²) in [5.74, 6) is 0.295. The summed E-state index contributed by atoms with van der Waals surface area (Å²) in [6.45, 7) is 3.75. The zero-order valence-electron chi connectivity index (χ0n) is 12.0. The molecule has 0 aliphatic carbocycles. The molecular weight excluding hydrogens is 311 g/mol. The van der Waals surface area contributed by atoms with Gasteiger partial charge in [0.15, 0.2) is 5.15 Å². The summed E-state index contributed by atoms with van der Waals surface area (Å²) in [4.78, 5) is 12.6. The van der Waals surface area contributed by atoms with Crippen LogP contribution in [0, 0.1) is 6.92 Å². The molecule has 1 fully saturated rings. The molecule has 3 heterocycles. The molecule has 0 bridgehead atoms. The minimum absolute atomic E-state index is 0. The zero-order valence-corrected chi connectivity index (χ0v) is 13.6. The summed E-state index contributed by atoms with van der Waals surface area (Å²) in [6.07, 6.45) is 1.96. The van der Waals surface area contributed by atoms with E-state index in [1.54, 1.807) is 11.6 Å². The number of nitrogens with one attached hydrogen (secondary N) is 1. The fourth-order valence-electron chi connectivity index (χ4n) is 3.00. The molecule has 0 aromatic carbocycles. The van der Waals surface area contributed by atoms with Crippen LogP contribution in [0.3, 0.4) is 0 Å². The molecule has 1 N–H and O–H groups in total. The van der Waals surface area contributed by atoms with E-state index in [1.165, 1.54) is 0 Å². The average molecular weight is 329 g/mol. The van der Waals surface area contributed by atoms with Gasteiger partial charge in [-0.15, -0.1) is 17.5 Å². The van der Waals surface area contributed by atoms with Gasteiger partial charge in [-0.2, -0.15) is 5.10 Å². The predicted octanol–water partition coefficient (Wildman–Crippen LogP) is 2.18. The van der Waals surface area contributed by atoms with Gasteiger partial charge in [-0.25, -0.2) is 0 Å². The van der Waals surface area contributed by atoms with Crippen molar-refractivity contribution < 1.29 is 0 Å². The maximum atomic E-state index is 12.6. The molecule has 0 saturated carbocycles. The van der Waals surface area contributed by atoms with E-state index < -0.39 is 0 Å². The van der Waals surface area contributed by atoms with E-state index in [1.807, 2.05) is 13.0 Å². The number of rotatable bonds is 1. The van der Waals surface area contributed by atoms with E-state index in [-0.39, 0.29) is 18.0 Å². The van der Waals surface area contributed by atoms with Crippen LogP contribution in [0.1, 0.15) is 30.0 Å². The molecule has 3 rings (SSSR count). The molecule has 21 heavy (non-hydrogen) atoms. The lowest BCUT2D eigenvalue weighted by atomic mass is 9.90. The normalized spacial score (nSPS) is 16.0. The summed E-state index contributed by atoms with van der Waals surface area (Å²) in [7, 11) is 1.78. The van der Waals surface area contributed by atoms with E-state index >= 15 is 0 Å². The fraction of sp³-hybridized carbons (Fsp3) is 0.500. The fourth-order valence-corrected chi connectivity index (χ4v) is 3.18. The first-order valence-corrected chi connectivity index (χ1v) is 7.20. The molecule has 2 aromatic heterocycles. The van der Waals surface area contributed by atoms with Gasteiger partial charge in [-0.1, -0.05) is 11.6 Å². The van der Waals surface area contributed by atoms with Crippen molar-refractivity contribution in [3.63, 3.8) is 0 Å². The van der Waals surface area contributed by atoms with Gasteiger partial charge in [0.25, 0.3) is 5.56 Å². The largest absolute Gasteiger partial charge is 0.317 e. The van der Waals surface area contributed by atoms with Crippen molar-refractivity contribution in [2.75, 3.05) is 13.1 Å². The van der Waals surface area contributed by atoms with Crippen molar-refractivity contribution in [1.29, 1.82) is 0 Å². The van der Waals surface area contributed by atoms with Gasteiger partial charge >= 0.3 is 0 Å². The van der Waals surface area contributed by atoms with Gasteiger partial charge < -0.3 is 9.88 Å². The van der Waals surface area contributed by atoms with E-state index in [4.69, 9.17) is 11.6 Å². The number of halogens is 2. The van der Waals surface area contributed by atoms with Gasteiger partial charge in [-0.05, 0) is 44.8 Å². The quantitative estimate of drug-likeness (QED) is 0.871. The topological polar surface area (TPSA) is 59.8 Å². The highest BCUT2D eigenvalue weighted by Crippen LogP contribution is 2.28. The van der Waals surface area contributed by atoms with Crippen molar-refractivity contribution in [3.8, 4) is 0 Å². The maximum absolute atomic E-state index is 12.6. The highest BCUT2D eigenvalue weighted by Gasteiger charge is 2.21. The number of aryl methyl sites for hydroxylation is 2. The number of hydrogen-bond donors (Lipinski definition) is 1. The summed E-state index contributed by atoms with van der Waals surface area (Å²) in [5, 5.41) is 12.4. The van der Waals surface area contributed by atoms with E-state index in [2.05, 4.69) is 15.5 Å². The summed E-state index contributed by atoms with van der Waals surface area (Å²) in [5.41, 5.74) is 2.39. The highest BCUT2D eigenvalue weighted by atomic mass is 35.5. The molecule has 1 saturated heterocycles. The Balaban J connectivity index is 0.00000161. The molecule has 0 spiro atoms. The van der Waals surface area contributed by atoms with Crippen LogP contribution in [0.4, 0.5) is 0 Å². The van der Waals surface area contributed by atoms with Gasteiger partial charge in [0, 0.05) is 18.0 Å². The molecule has 114 valence electrons. The van der Waals surface area contributed by atoms with Crippen LogP contribution in [-0.2, 0) is 7.05 Å². The van der Waals surface area contributed by atoms with Crippen molar-refractivity contribution in [2.24, 2.45) is 7.05 Å². The molecule has 0 radical (unpaired) electrons. The van der Waals surface area contributed by atoms with Crippen LogP contribution >= 0.6 is 24.0 Å². The van der Waals surface area contributed by atoms with Gasteiger partial charge in [0.05, 0.1) is 11.2 Å². The third kappa shape index (κ3) is 2.78. The average Bonchev–Trinajstić information content (AvgIpc) is 2.47. The standard InChI is InChI=1S/C14H17ClN4O.ClH/c1-8-12-11(13(15)18-17-8)7-10(14(20)19(12)2)9-3-5-16-6-4-9;/h7,9,16H,3-6H2,1-2H3;1H. The van der Waals surface area contributed by atoms with Crippen LogP contribution in [0.5, 0.6) is 0 Å². The van der Waals surface area contributed by atoms with E-state index in [9.17, 15) is 4.79 Å². The predicted molar refractivity (Wildman–Crippen MR) is 86.6 cm³/mol. The minimum Gasteiger partial charge on any atom is -0.317 e. The van der Waals surface area contributed by atoms with Crippen LogP contribution in [-0.4, -0.2) is 27.9 Å². The minimum atomic E-state index is 0. The first-order chi connectivity index (χ1) is 9.59. The number of aromatic nitrogens is 3. The van der Waals surface area contributed by atoms with Gasteiger partial charge in [0.1, 0.15) is 0 Å². The molecule has 1 aliphatic heterocycles. The molecule has 2 aromatic rings. The van der Waals surface area contributed by atoms with Gasteiger partial charge in [-0.3, -0.25) is 4.79 Å². The molecule has 0 atom stereocenters. The molecule has 5 nitrogen and oxygen atoms in total. The van der Waals surface area contributed by atoms with Gasteiger partial charge in [0.2, 0.25) is 0 Å². The molecule has 0 amide bonds. The Morgan fingerprint density at radius 2 is 2.00 bits per heavy atom. The first kappa shape index (κ1) is 16.2. The Hall–Kier alpha value is -1.17. The summed E-state index contributed by atoms with van der Waals surface area (Å²) in [6, 6.07) is 1.91. The van der Waals surface area contributed by atoms with Crippen LogP contribution in [0.15, 0.2) is 10.9 Å². The second-order valence-corrected chi connectivity index (χ2v) is 5.68. The zero-order chi connectivity index (χ0) is 14.3. The lowest BCUT2D eigenvalue weighted by Crippen LogP contribution is -2.31. The number of hydrogen-bond acceptors (Lipinski definition) is 4. The van der Waals surface area contributed by atoms with Crippen molar-refractivity contribution in [1.82, 2.24) is 20.1 Å². The first-order valence-electron chi connectivity index (χ1n) is 6.82. The molecule has 7 heteroatoms. The molecular formula is C14H18Cl2N4O. The second-order valence-electron chi connectivity index (χ2n) is 5.33. The summed E-state index contributed by atoms with van der Waals surface area (Å²) < 4.78 is 1.66.